The lowest BCUT2D eigenvalue weighted by molar-refractivity contribution is 0.415. The average molecular weight is 250 g/mol. The van der Waals surface area contributed by atoms with Crippen molar-refractivity contribution >= 4 is 26.7 Å². The highest BCUT2D eigenvalue weighted by Gasteiger charge is 2.04. The first-order valence-corrected chi connectivity index (χ1v) is 6.69. The summed E-state index contributed by atoms with van der Waals surface area (Å²) in [5.41, 5.74) is 1.03. The van der Waals surface area contributed by atoms with Crippen molar-refractivity contribution in [1.29, 1.82) is 0 Å². The summed E-state index contributed by atoms with van der Waals surface area (Å²) in [7, 11) is 1.68. The second-order valence-corrected chi connectivity index (χ2v) is 5.49. The molecule has 4 heteroatoms. The number of hydrogen-bond acceptors (Lipinski definition) is 4. The van der Waals surface area contributed by atoms with E-state index in [1.54, 1.807) is 18.4 Å². The maximum absolute atomic E-state index is 5.20. The molecule has 2 rings (SSSR count). The predicted molar refractivity (Wildman–Crippen MR) is 74.1 cm³/mol. The number of aromatic nitrogens is 1. The molecule has 0 aliphatic carbocycles. The van der Waals surface area contributed by atoms with Crippen molar-refractivity contribution in [3.63, 3.8) is 0 Å². The molecule has 0 unspecified atom stereocenters. The van der Waals surface area contributed by atoms with Crippen molar-refractivity contribution in [2.75, 3.05) is 19.0 Å². The van der Waals surface area contributed by atoms with Gasteiger partial charge in [-0.3, -0.25) is 0 Å². The maximum Gasteiger partial charge on any atom is 0.183 e. The van der Waals surface area contributed by atoms with E-state index in [1.807, 2.05) is 18.2 Å². The van der Waals surface area contributed by atoms with E-state index in [0.717, 1.165) is 33.6 Å². The first-order valence-electron chi connectivity index (χ1n) is 5.87. The number of ether oxygens (including phenoxy) is 1. The molecule has 0 fully saturated rings. The fourth-order valence-corrected chi connectivity index (χ4v) is 2.50. The Morgan fingerprint density at radius 1 is 1.41 bits per heavy atom. The van der Waals surface area contributed by atoms with Gasteiger partial charge in [0.25, 0.3) is 0 Å². The van der Waals surface area contributed by atoms with Gasteiger partial charge in [-0.25, -0.2) is 4.98 Å². The van der Waals surface area contributed by atoms with Gasteiger partial charge in [0.1, 0.15) is 5.75 Å². The van der Waals surface area contributed by atoms with Crippen molar-refractivity contribution in [3.05, 3.63) is 18.2 Å². The van der Waals surface area contributed by atoms with Crippen LogP contribution in [0.5, 0.6) is 5.75 Å². The van der Waals surface area contributed by atoms with E-state index in [-0.39, 0.29) is 0 Å². The van der Waals surface area contributed by atoms with Crippen molar-refractivity contribution in [3.8, 4) is 5.75 Å². The molecule has 0 saturated carbocycles. The fraction of sp³-hybridized carbons (Fsp3) is 0.462. The second kappa shape index (κ2) is 5.36. The third-order valence-corrected chi connectivity index (χ3v) is 3.57. The smallest absolute Gasteiger partial charge is 0.183 e. The number of rotatable bonds is 5. The number of nitrogens with one attached hydrogen (secondary N) is 1. The lowest BCUT2D eigenvalue weighted by atomic mass is 10.1. The van der Waals surface area contributed by atoms with Crippen LogP contribution < -0.4 is 10.1 Å². The summed E-state index contributed by atoms with van der Waals surface area (Å²) in [5, 5.41) is 4.36. The number of benzene rings is 1. The zero-order chi connectivity index (χ0) is 12.3. The minimum Gasteiger partial charge on any atom is -0.497 e. The van der Waals surface area contributed by atoms with Crippen molar-refractivity contribution in [1.82, 2.24) is 4.98 Å². The minimum absolute atomic E-state index is 0.719. The molecule has 0 atom stereocenters. The minimum atomic E-state index is 0.719. The molecular weight excluding hydrogens is 232 g/mol. The Hall–Kier alpha value is -1.29. The van der Waals surface area contributed by atoms with Crippen molar-refractivity contribution in [2.45, 2.75) is 20.3 Å². The Balaban J connectivity index is 2.09. The lowest BCUT2D eigenvalue weighted by Gasteiger charge is -2.04. The van der Waals surface area contributed by atoms with Crippen LogP contribution in [0.3, 0.4) is 0 Å². The first kappa shape index (κ1) is 12.2. The van der Waals surface area contributed by atoms with E-state index in [2.05, 4.69) is 24.1 Å². The summed E-state index contributed by atoms with van der Waals surface area (Å²) in [6.07, 6.45) is 1.17. The molecule has 1 N–H and O–H groups in total. The van der Waals surface area contributed by atoms with Crippen molar-refractivity contribution in [2.24, 2.45) is 5.92 Å². The topological polar surface area (TPSA) is 34.1 Å². The molecule has 92 valence electrons. The van der Waals surface area contributed by atoms with Gasteiger partial charge >= 0.3 is 0 Å². The third kappa shape index (κ3) is 3.09. The Morgan fingerprint density at radius 3 is 2.94 bits per heavy atom. The van der Waals surface area contributed by atoms with Crippen LogP contribution in [0, 0.1) is 5.92 Å². The van der Waals surface area contributed by atoms with E-state index in [9.17, 15) is 0 Å². The molecule has 0 saturated heterocycles. The van der Waals surface area contributed by atoms with E-state index < -0.39 is 0 Å². The highest BCUT2D eigenvalue weighted by Crippen LogP contribution is 2.29. The van der Waals surface area contributed by atoms with Crippen LogP contribution >= 0.6 is 11.3 Å². The molecule has 1 aromatic heterocycles. The average Bonchev–Trinajstić information content (AvgIpc) is 2.69. The molecule has 1 heterocycles. The van der Waals surface area contributed by atoms with Crippen LogP contribution in [-0.2, 0) is 0 Å². The third-order valence-electron chi connectivity index (χ3n) is 2.59. The molecule has 0 amide bonds. The molecule has 1 aromatic carbocycles. The highest BCUT2D eigenvalue weighted by atomic mass is 32.1. The van der Waals surface area contributed by atoms with E-state index in [0.29, 0.717) is 0 Å². The molecule has 0 spiro atoms. The Morgan fingerprint density at radius 2 is 2.24 bits per heavy atom. The summed E-state index contributed by atoms with van der Waals surface area (Å²) in [6.45, 7) is 5.43. The largest absolute Gasteiger partial charge is 0.497 e. The Labute approximate surface area is 106 Å². The zero-order valence-electron chi connectivity index (χ0n) is 10.5. The number of fused-ring (bicyclic) bond motifs is 1. The van der Waals surface area contributed by atoms with Gasteiger partial charge in [0.05, 0.1) is 17.3 Å². The number of anilines is 1. The molecule has 0 aliphatic rings. The Kier molecular flexibility index (Phi) is 3.84. The van der Waals surface area contributed by atoms with Crippen LogP contribution in [0.2, 0.25) is 0 Å². The molecule has 2 aromatic rings. The normalized spacial score (nSPS) is 11.1. The van der Waals surface area contributed by atoms with Gasteiger partial charge in [-0.05, 0) is 30.5 Å². The molecule has 0 bridgehead atoms. The van der Waals surface area contributed by atoms with Crippen molar-refractivity contribution < 1.29 is 4.74 Å². The van der Waals surface area contributed by atoms with E-state index >= 15 is 0 Å². The number of hydrogen-bond donors (Lipinski definition) is 1. The summed E-state index contributed by atoms with van der Waals surface area (Å²) >= 11 is 1.68. The number of nitrogens with zero attached hydrogens (tertiary/aromatic N) is 1. The molecular formula is C13H18N2OS. The van der Waals surface area contributed by atoms with Gasteiger partial charge in [-0.15, -0.1) is 0 Å². The van der Waals surface area contributed by atoms with Gasteiger partial charge in [0, 0.05) is 6.54 Å². The zero-order valence-corrected chi connectivity index (χ0v) is 11.3. The lowest BCUT2D eigenvalue weighted by Crippen LogP contribution is -2.03. The van der Waals surface area contributed by atoms with Crippen LogP contribution in [0.25, 0.3) is 10.2 Å². The summed E-state index contributed by atoms with van der Waals surface area (Å²) in [4.78, 5) is 4.54. The van der Waals surface area contributed by atoms with Gasteiger partial charge < -0.3 is 10.1 Å². The standard InChI is InChI=1S/C13H18N2OS/c1-9(2)6-7-14-13-15-11-5-4-10(16-3)8-12(11)17-13/h4-5,8-9H,6-7H2,1-3H3,(H,14,15). The van der Waals surface area contributed by atoms with Gasteiger partial charge in [0.15, 0.2) is 5.13 Å². The summed E-state index contributed by atoms with van der Waals surface area (Å²) in [6, 6.07) is 5.97. The number of methoxy groups -OCH3 is 1. The highest BCUT2D eigenvalue weighted by molar-refractivity contribution is 7.22. The predicted octanol–water partition coefficient (Wildman–Crippen LogP) is 3.76. The van der Waals surface area contributed by atoms with Crippen LogP contribution in [0.4, 0.5) is 5.13 Å². The summed E-state index contributed by atoms with van der Waals surface area (Å²) in [5.74, 6) is 1.60. The molecule has 0 aliphatic heterocycles. The quantitative estimate of drug-likeness (QED) is 0.877. The van der Waals surface area contributed by atoms with Gasteiger partial charge in [-0.2, -0.15) is 0 Å². The van der Waals surface area contributed by atoms with Crippen LogP contribution in [0.15, 0.2) is 18.2 Å². The molecule has 17 heavy (non-hydrogen) atoms. The first-order chi connectivity index (χ1) is 8.19. The van der Waals surface area contributed by atoms with E-state index in [4.69, 9.17) is 4.74 Å². The van der Waals surface area contributed by atoms with Gasteiger partial charge in [0.2, 0.25) is 0 Å². The van der Waals surface area contributed by atoms with Crippen LogP contribution in [-0.4, -0.2) is 18.6 Å². The van der Waals surface area contributed by atoms with E-state index in [1.165, 1.54) is 6.42 Å². The SMILES string of the molecule is COc1ccc2nc(NCCC(C)C)sc2c1. The fourth-order valence-electron chi connectivity index (χ4n) is 1.58. The maximum atomic E-state index is 5.20. The Bertz CT molecular complexity index is 493. The second-order valence-electron chi connectivity index (χ2n) is 4.46. The van der Waals surface area contributed by atoms with Gasteiger partial charge in [-0.1, -0.05) is 25.2 Å². The number of thiazole rings is 1. The molecule has 3 nitrogen and oxygen atoms in total. The monoisotopic (exact) mass is 250 g/mol. The van der Waals surface area contributed by atoms with Crippen LogP contribution in [0.1, 0.15) is 20.3 Å². The molecule has 0 radical (unpaired) electrons. The summed E-state index contributed by atoms with van der Waals surface area (Å²) < 4.78 is 6.37.